The van der Waals surface area contributed by atoms with Crippen LogP contribution < -0.4 is 10.0 Å². The average molecular weight is 470 g/mol. The maximum absolute atomic E-state index is 12.6. The number of fused-ring (bicyclic) bond motifs is 2. The van der Waals surface area contributed by atoms with Crippen molar-refractivity contribution in [2.75, 3.05) is 17.6 Å². The Hall–Kier alpha value is -2.87. The van der Waals surface area contributed by atoms with Crippen molar-refractivity contribution >= 4 is 27.6 Å². The zero-order valence-corrected chi connectivity index (χ0v) is 19.8. The first-order valence-electron chi connectivity index (χ1n) is 11.7. The molecule has 0 heterocycles. The first kappa shape index (κ1) is 23.3. The Balaban J connectivity index is 1.35. The lowest BCUT2D eigenvalue weighted by Gasteiger charge is -2.21. The standard InChI is InChI=1S/C25H31N3O4S/c1-2-28(17-18-8-4-3-5-9-18)23(29)14-15-33(31,32)27-25(30)26-24-21-12-6-10-19(21)16-20-11-7-13-22(20)24/h3-5,8-9,16H,2,6-7,10-15,17H2,1H3,(H2,26,27,30). The summed E-state index contributed by atoms with van der Waals surface area (Å²) in [6.45, 7) is 2.76. The highest BCUT2D eigenvalue weighted by molar-refractivity contribution is 7.90. The molecule has 2 aromatic rings. The Kier molecular flexibility index (Phi) is 7.02. The Morgan fingerprint density at radius 1 is 0.970 bits per heavy atom. The zero-order valence-electron chi connectivity index (χ0n) is 19.0. The summed E-state index contributed by atoms with van der Waals surface area (Å²) >= 11 is 0. The third-order valence-electron chi connectivity index (χ3n) is 6.50. The van der Waals surface area contributed by atoms with E-state index in [0.717, 1.165) is 60.9 Å². The topological polar surface area (TPSA) is 95.6 Å². The number of rotatable bonds is 8. The third kappa shape index (κ3) is 5.55. The quantitative estimate of drug-likeness (QED) is 0.618. The maximum atomic E-state index is 12.6. The summed E-state index contributed by atoms with van der Waals surface area (Å²) in [5.41, 5.74) is 6.57. The first-order chi connectivity index (χ1) is 15.9. The molecule has 0 saturated heterocycles. The van der Waals surface area contributed by atoms with Crippen LogP contribution in [0.2, 0.25) is 0 Å². The fourth-order valence-electron chi connectivity index (χ4n) is 4.86. The molecule has 0 bridgehead atoms. The minimum absolute atomic E-state index is 0.181. The molecule has 3 amide bonds. The second kappa shape index (κ2) is 9.95. The van der Waals surface area contributed by atoms with Gasteiger partial charge in [-0.25, -0.2) is 17.9 Å². The normalized spacial score (nSPS) is 14.5. The number of nitrogens with one attached hydrogen (secondary N) is 2. The molecule has 0 saturated carbocycles. The van der Waals surface area contributed by atoms with Crippen molar-refractivity contribution in [3.05, 3.63) is 64.2 Å². The lowest BCUT2D eigenvalue weighted by molar-refractivity contribution is -0.131. The summed E-state index contributed by atoms with van der Waals surface area (Å²) in [4.78, 5) is 26.8. The van der Waals surface area contributed by atoms with E-state index in [4.69, 9.17) is 0 Å². The molecular formula is C25H31N3O4S. The van der Waals surface area contributed by atoms with Crippen LogP contribution in [0.1, 0.15) is 54.0 Å². The van der Waals surface area contributed by atoms with Gasteiger partial charge in [0, 0.05) is 25.2 Å². The first-order valence-corrected chi connectivity index (χ1v) is 13.3. The number of hydrogen-bond acceptors (Lipinski definition) is 4. The van der Waals surface area contributed by atoms with Crippen molar-refractivity contribution in [2.45, 2.75) is 58.4 Å². The molecule has 2 aliphatic carbocycles. The van der Waals surface area contributed by atoms with Crippen molar-refractivity contribution in [2.24, 2.45) is 0 Å². The van der Waals surface area contributed by atoms with Crippen LogP contribution in [-0.2, 0) is 47.0 Å². The van der Waals surface area contributed by atoms with Gasteiger partial charge < -0.3 is 10.2 Å². The molecule has 176 valence electrons. The molecule has 0 radical (unpaired) electrons. The van der Waals surface area contributed by atoms with E-state index in [1.54, 1.807) is 4.90 Å². The third-order valence-corrected chi connectivity index (χ3v) is 7.73. The largest absolute Gasteiger partial charge is 0.339 e. The van der Waals surface area contributed by atoms with Crippen molar-refractivity contribution in [3.63, 3.8) is 0 Å². The molecule has 33 heavy (non-hydrogen) atoms. The molecule has 8 heteroatoms. The van der Waals surface area contributed by atoms with E-state index in [2.05, 4.69) is 16.1 Å². The van der Waals surface area contributed by atoms with Gasteiger partial charge in [-0.3, -0.25) is 4.79 Å². The van der Waals surface area contributed by atoms with E-state index in [1.165, 1.54) is 11.1 Å². The monoisotopic (exact) mass is 469 g/mol. The van der Waals surface area contributed by atoms with Crippen LogP contribution >= 0.6 is 0 Å². The number of carbonyl (C=O) groups is 2. The van der Waals surface area contributed by atoms with E-state index in [9.17, 15) is 18.0 Å². The number of anilines is 1. The van der Waals surface area contributed by atoms with Crippen LogP contribution in [-0.4, -0.2) is 37.6 Å². The molecule has 0 aromatic heterocycles. The molecule has 0 spiro atoms. The van der Waals surface area contributed by atoms with Crippen LogP contribution in [0.5, 0.6) is 0 Å². The molecule has 2 aromatic carbocycles. The van der Waals surface area contributed by atoms with E-state index in [1.807, 2.05) is 37.3 Å². The highest BCUT2D eigenvalue weighted by Gasteiger charge is 2.26. The lowest BCUT2D eigenvalue weighted by Crippen LogP contribution is -2.38. The van der Waals surface area contributed by atoms with Crippen molar-refractivity contribution in [1.82, 2.24) is 9.62 Å². The summed E-state index contributed by atoms with van der Waals surface area (Å²) in [6, 6.07) is 11.1. The predicted octanol–water partition coefficient (Wildman–Crippen LogP) is 3.55. The molecular weight excluding hydrogens is 438 g/mol. The number of nitrogens with zero attached hydrogens (tertiary/aromatic N) is 1. The minimum atomic E-state index is -3.95. The number of amides is 3. The van der Waals surface area contributed by atoms with Crippen molar-refractivity contribution < 1.29 is 18.0 Å². The van der Waals surface area contributed by atoms with Crippen LogP contribution in [0.15, 0.2) is 36.4 Å². The Labute approximate surface area is 195 Å². The predicted molar refractivity (Wildman–Crippen MR) is 129 cm³/mol. The number of benzene rings is 2. The van der Waals surface area contributed by atoms with Gasteiger partial charge in [0.05, 0.1) is 5.75 Å². The summed E-state index contributed by atoms with van der Waals surface area (Å²) in [7, 11) is -3.95. The van der Waals surface area contributed by atoms with Crippen molar-refractivity contribution in [3.8, 4) is 0 Å². The second-order valence-corrected chi connectivity index (χ2v) is 10.6. The Morgan fingerprint density at radius 2 is 1.61 bits per heavy atom. The number of hydrogen-bond donors (Lipinski definition) is 2. The zero-order chi connectivity index (χ0) is 23.4. The summed E-state index contributed by atoms with van der Waals surface area (Å²) in [6.07, 6.45) is 5.70. The molecule has 2 N–H and O–H groups in total. The molecule has 7 nitrogen and oxygen atoms in total. The summed E-state index contributed by atoms with van der Waals surface area (Å²) in [5, 5.41) is 2.83. The smallest absolute Gasteiger partial charge is 0.332 e. The number of sulfonamides is 1. The minimum Gasteiger partial charge on any atom is -0.339 e. The van der Waals surface area contributed by atoms with Gasteiger partial charge in [-0.05, 0) is 73.3 Å². The molecule has 0 atom stereocenters. The van der Waals surface area contributed by atoms with Gasteiger partial charge in [-0.15, -0.1) is 0 Å². The molecule has 4 rings (SSSR count). The van der Waals surface area contributed by atoms with Gasteiger partial charge in [0.2, 0.25) is 15.9 Å². The SMILES string of the molecule is CCN(Cc1ccccc1)C(=O)CCS(=O)(=O)NC(=O)Nc1c2c(cc3c1CCC3)CCC2. The molecule has 0 fully saturated rings. The number of aryl methyl sites for hydroxylation is 2. The van der Waals surface area contributed by atoms with Gasteiger partial charge in [-0.1, -0.05) is 36.4 Å². The molecule has 0 unspecified atom stereocenters. The lowest BCUT2D eigenvalue weighted by atomic mass is 9.99. The highest BCUT2D eigenvalue weighted by atomic mass is 32.2. The van der Waals surface area contributed by atoms with E-state index < -0.39 is 21.8 Å². The Morgan fingerprint density at radius 3 is 2.21 bits per heavy atom. The van der Waals surface area contributed by atoms with E-state index >= 15 is 0 Å². The highest BCUT2D eigenvalue weighted by Crippen LogP contribution is 2.38. The second-order valence-electron chi connectivity index (χ2n) is 8.75. The van der Waals surface area contributed by atoms with Gasteiger partial charge in [-0.2, -0.15) is 0 Å². The van der Waals surface area contributed by atoms with Gasteiger partial charge in [0.15, 0.2) is 0 Å². The molecule has 0 aliphatic heterocycles. The van der Waals surface area contributed by atoms with Crippen LogP contribution in [0.25, 0.3) is 0 Å². The van der Waals surface area contributed by atoms with Crippen LogP contribution in [0.4, 0.5) is 10.5 Å². The average Bonchev–Trinajstić information content (AvgIpc) is 3.45. The van der Waals surface area contributed by atoms with Crippen LogP contribution in [0.3, 0.4) is 0 Å². The number of urea groups is 1. The van der Waals surface area contributed by atoms with Gasteiger partial charge >= 0.3 is 6.03 Å². The van der Waals surface area contributed by atoms with Gasteiger partial charge in [0.25, 0.3) is 0 Å². The summed E-state index contributed by atoms with van der Waals surface area (Å²) < 4.78 is 27.2. The fourth-order valence-corrected chi connectivity index (χ4v) is 5.74. The fraction of sp³-hybridized carbons (Fsp3) is 0.440. The maximum Gasteiger partial charge on any atom is 0.332 e. The van der Waals surface area contributed by atoms with E-state index in [0.29, 0.717) is 13.1 Å². The number of carbonyl (C=O) groups excluding carboxylic acids is 2. The summed E-state index contributed by atoms with van der Waals surface area (Å²) in [5.74, 6) is -0.693. The Bertz CT molecular complexity index is 1110. The van der Waals surface area contributed by atoms with E-state index in [-0.39, 0.29) is 12.3 Å². The van der Waals surface area contributed by atoms with Crippen LogP contribution in [0, 0.1) is 0 Å². The van der Waals surface area contributed by atoms with Crippen molar-refractivity contribution in [1.29, 1.82) is 0 Å². The van der Waals surface area contributed by atoms with Gasteiger partial charge in [0.1, 0.15) is 0 Å². The molecule has 2 aliphatic rings.